The molecule has 12 nitrogen and oxygen atoms in total. The summed E-state index contributed by atoms with van der Waals surface area (Å²) >= 11 is 4.83. The van der Waals surface area contributed by atoms with Crippen molar-refractivity contribution >= 4 is 70.9 Å². The predicted octanol–water partition coefficient (Wildman–Crippen LogP) is 10.4. The zero-order valence-electron chi connectivity index (χ0n) is 33.6. The first kappa shape index (κ1) is 45.6. The lowest BCUT2D eigenvalue weighted by Crippen LogP contribution is -2.29. The molecule has 16 heteroatoms. The van der Waals surface area contributed by atoms with Gasteiger partial charge in [0.15, 0.2) is 5.57 Å². The highest BCUT2D eigenvalue weighted by Crippen LogP contribution is 2.68. The Morgan fingerprint density at radius 2 is 1.05 bits per heavy atom. The Morgan fingerprint density at radius 3 is 1.43 bits per heavy atom. The van der Waals surface area contributed by atoms with E-state index >= 15 is 0 Å². The first-order valence-electron chi connectivity index (χ1n) is 20.2. The van der Waals surface area contributed by atoms with Crippen molar-refractivity contribution < 1.29 is 47.6 Å². The van der Waals surface area contributed by atoms with Gasteiger partial charge in [0.2, 0.25) is 0 Å². The number of methoxy groups -OCH3 is 2. The SMILES string of the molecule is [C-]#[N+]C(C(=O)OC1CCC(C(=O)OCCCCCC)CC1)=C1Sc2c(OC)c3c(c(OC)c2S1)SC(=C(C#N)C(=O)OC1CCC(C(=O)OCCCCCC)CC1)S3. The van der Waals surface area contributed by atoms with Crippen LogP contribution < -0.4 is 9.47 Å². The average Bonchev–Trinajstić information content (AvgIpc) is 3.86. The minimum absolute atomic E-state index is 0.128. The van der Waals surface area contributed by atoms with Gasteiger partial charge in [-0.2, -0.15) is 5.26 Å². The molecule has 2 saturated carbocycles. The van der Waals surface area contributed by atoms with E-state index in [4.69, 9.17) is 35.0 Å². The van der Waals surface area contributed by atoms with Crippen LogP contribution in [0.1, 0.15) is 117 Å². The molecule has 1 aromatic carbocycles. The van der Waals surface area contributed by atoms with Gasteiger partial charge in [-0.25, -0.2) is 9.64 Å². The van der Waals surface area contributed by atoms with E-state index in [0.29, 0.717) is 104 Å². The molecule has 1 aromatic rings. The summed E-state index contributed by atoms with van der Waals surface area (Å²) in [5.74, 6) is -1.32. The number of benzene rings is 1. The van der Waals surface area contributed by atoms with Crippen molar-refractivity contribution in [2.24, 2.45) is 11.8 Å². The van der Waals surface area contributed by atoms with E-state index < -0.39 is 24.1 Å². The topological polar surface area (TPSA) is 152 Å². The van der Waals surface area contributed by atoms with E-state index in [1.54, 1.807) is 0 Å². The standard InChI is InChI=1S/C42H52N2O10S4/c1-6-8-10-12-22-51-37(45)25-14-18-27(19-15-25)53-39(47)29(24-43)41-55-33-31(49-4)35-36(32(50-5)34(33)56-41)58-42(57-35)30(44-3)40(48)54-28-20-16-26(17-21-28)38(46)52-23-13-11-9-7-2/h25-28H,6-23H2,1-2,4-5H3. The third kappa shape index (κ3) is 11.4. The Balaban J connectivity index is 1.20. The van der Waals surface area contributed by atoms with E-state index in [-0.39, 0.29) is 35.0 Å². The summed E-state index contributed by atoms with van der Waals surface area (Å²) in [5.41, 5.74) is -0.274. The molecular formula is C42H52N2O10S4. The summed E-state index contributed by atoms with van der Waals surface area (Å²) in [5, 5.41) is 10.2. The van der Waals surface area contributed by atoms with E-state index in [2.05, 4.69) is 18.7 Å². The second-order valence-corrected chi connectivity index (χ2v) is 19.1. The summed E-state index contributed by atoms with van der Waals surface area (Å²) in [4.78, 5) is 58.1. The highest BCUT2D eigenvalue weighted by molar-refractivity contribution is 8.26. The van der Waals surface area contributed by atoms with E-state index in [1.807, 2.05) is 6.07 Å². The molecule has 0 unspecified atom stereocenters. The number of carbonyl (C=O) groups excluding carboxylic acids is 4. The number of carbonyl (C=O) groups is 4. The maximum atomic E-state index is 13.4. The van der Waals surface area contributed by atoms with Crippen molar-refractivity contribution in [1.29, 1.82) is 5.26 Å². The molecule has 4 aliphatic rings. The molecule has 0 aromatic heterocycles. The molecular weight excluding hydrogens is 821 g/mol. The van der Waals surface area contributed by atoms with E-state index in [0.717, 1.165) is 51.4 Å². The van der Waals surface area contributed by atoms with Gasteiger partial charge in [-0.15, -0.1) is 0 Å². The zero-order valence-corrected chi connectivity index (χ0v) is 36.9. The Kier molecular flexibility index (Phi) is 17.9. The summed E-state index contributed by atoms with van der Waals surface area (Å²) in [6, 6.07) is 2.04. The fourth-order valence-corrected chi connectivity index (χ4v) is 12.7. The van der Waals surface area contributed by atoms with Crippen molar-refractivity contribution in [3.63, 3.8) is 0 Å². The molecule has 2 aliphatic carbocycles. The quantitative estimate of drug-likeness (QED) is 0.0343. The first-order valence-corrected chi connectivity index (χ1v) is 23.5. The van der Waals surface area contributed by atoms with Crippen LogP contribution in [0.5, 0.6) is 11.5 Å². The molecule has 2 aliphatic heterocycles. The molecule has 0 spiro atoms. The van der Waals surface area contributed by atoms with Gasteiger partial charge in [0.05, 0.1) is 73.9 Å². The molecule has 0 radical (unpaired) electrons. The number of ether oxygens (including phenoxy) is 6. The third-order valence-electron chi connectivity index (χ3n) is 10.5. The molecule has 2 fully saturated rings. The second kappa shape index (κ2) is 22.8. The predicted molar refractivity (Wildman–Crippen MR) is 223 cm³/mol. The minimum Gasteiger partial charge on any atom is -0.494 e. The number of rotatable bonds is 18. The first-order chi connectivity index (χ1) is 28.2. The summed E-state index contributed by atoms with van der Waals surface area (Å²) in [7, 11) is 3.03. The number of hydrogen-bond donors (Lipinski definition) is 0. The van der Waals surface area contributed by atoms with Crippen molar-refractivity contribution in [2.75, 3.05) is 27.4 Å². The van der Waals surface area contributed by atoms with Crippen molar-refractivity contribution in [1.82, 2.24) is 0 Å². The van der Waals surface area contributed by atoms with Crippen LogP contribution in [0, 0.1) is 29.7 Å². The van der Waals surface area contributed by atoms with Crippen LogP contribution in [-0.4, -0.2) is 63.5 Å². The van der Waals surface area contributed by atoms with Gasteiger partial charge < -0.3 is 28.4 Å². The molecule has 2 heterocycles. The fraction of sp³-hybridized carbons (Fsp3) is 0.619. The van der Waals surface area contributed by atoms with E-state index in [9.17, 15) is 24.4 Å². The smallest absolute Gasteiger partial charge is 0.350 e. The molecule has 5 rings (SSSR count). The summed E-state index contributed by atoms with van der Waals surface area (Å²) in [6.07, 6.45) is 11.7. The number of nitrogens with zero attached hydrogens (tertiary/aromatic N) is 2. The van der Waals surface area contributed by atoms with Crippen LogP contribution in [0.2, 0.25) is 0 Å². The van der Waals surface area contributed by atoms with Gasteiger partial charge in [0.25, 0.3) is 5.70 Å². The number of esters is 4. The van der Waals surface area contributed by atoms with Crippen molar-refractivity contribution in [3.8, 4) is 17.6 Å². The maximum Gasteiger partial charge on any atom is 0.350 e. The van der Waals surface area contributed by atoms with Crippen LogP contribution in [0.25, 0.3) is 4.85 Å². The Hall–Kier alpha value is -3.44. The molecule has 58 heavy (non-hydrogen) atoms. The number of unbranched alkanes of at least 4 members (excludes halogenated alkanes) is 6. The lowest BCUT2D eigenvalue weighted by Gasteiger charge is -2.27. The van der Waals surface area contributed by atoms with Crippen LogP contribution in [-0.2, 0) is 38.1 Å². The average molecular weight is 873 g/mol. The molecule has 0 amide bonds. The van der Waals surface area contributed by atoms with Crippen molar-refractivity contribution in [2.45, 2.75) is 148 Å². The van der Waals surface area contributed by atoms with Crippen molar-refractivity contribution in [3.05, 3.63) is 31.2 Å². The van der Waals surface area contributed by atoms with E-state index in [1.165, 1.54) is 61.3 Å². The fourth-order valence-electron chi connectivity index (χ4n) is 7.21. The highest BCUT2D eigenvalue weighted by atomic mass is 32.2. The Bertz CT molecular complexity index is 1660. The van der Waals surface area contributed by atoms with Crippen LogP contribution >= 0.6 is 47.0 Å². The largest absolute Gasteiger partial charge is 0.494 e. The third-order valence-corrected chi connectivity index (χ3v) is 15.7. The van der Waals surface area contributed by atoms with Gasteiger partial charge in [-0.1, -0.05) is 99.4 Å². The monoisotopic (exact) mass is 872 g/mol. The van der Waals surface area contributed by atoms with Gasteiger partial charge >= 0.3 is 23.9 Å². The van der Waals surface area contributed by atoms with Crippen LogP contribution in [0.4, 0.5) is 0 Å². The molecule has 0 atom stereocenters. The Morgan fingerprint density at radius 1 is 0.638 bits per heavy atom. The van der Waals surface area contributed by atoms with Gasteiger partial charge in [0, 0.05) is 0 Å². The lowest BCUT2D eigenvalue weighted by molar-refractivity contribution is -0.154. The summed E-state index contributed by atoms with van der Waals surface area (Å²) < 4.78 is 35.2. The second-order valence-electron chi connectivity index (χ2n) is 14.5. The minimum atomic E-state index is -0.724. The summed E-state index contributed by atoms with van der Waals surface area (Å²) in [6.45, 7) is 13.0. The van der Waals surface area contributed by atoms with Gasteiger partial charge in [-0.05, 0) is 64.2 Å². The van der Waals surface area contributed by atoms with Gasteiger partial charge in [-0.3, -0.25) is 14.4 Å². The number of nitriles is 1. The number of fused-ring (bicyclic) bond motifs is 2. The van der Waals surface area contributed by atoms with Crippen LogP contribution in [0.3, 0.4) is 0 Å². The highest BCUT2D eigenvalue weighted by Gasteiger charge is 2.40. The molecule has 0 bridgehead atoms. The van der Waals surface area contributed by atoms with Crippen LogP contribution in [0.15, 0.2) is 39.3 Å². The van der Waals surface area contributed by atoms with Gasteiger partial charge in [0.1, 0.15) is 29.8 Å². The number of hydrogen-bond acceptors (Lipinski definition) is 15. The Labute approximate surface area is 358 Å². The lowest BCUT2D eigenvalue weighted by atomic mass is 9.87. The normalized spacial score (nSPS) is 20.8. The molecule has 0 saturated heterocycles. The maximum absolute atomic E-state index is 13.4. The molecule has 0 N–H and O–H groups in total. The zero-order chi connectivity index (χ0) is 41.6. The number of thioether (sulfide) groups is 4. The molecule has 314 valence electrons.